The number of ether oxygens (including phenoxy) is 2. The van der Waals surface area contributed by atoms with E-state index < -0.39 is 12.2 Å². The maximum absolute atomic E-state index is 12.4. The fourth-order valence-electron chi connectivity index (χ4n) is 4.34. The van der Waals surface area contributed by atoms with Crippen molar-refractivity contribution in [3.63, 3.8) is 0 Å². The van der Waals surface area contributed by atoms with Gasteiger partial charge in [-0.3, -0.25) is 14.8 Å². The van der Waals surface area contributed by atoms with Crippen molar-refractivity contribution >= 4 is 40.7 Å². The Kier molecular flexibility index (Phi) is 10.3. The maximum Gasteiger partial charge on any atom is 0.243 e. The SMILES string of the molecule is O=C(CCCCC(=O)Nc1cccc(C2OC(Cn3cnc(Cl)c3Cl)CC(c3ccc(CO)cc3)O2)c1)NO. The van der Waals surface area contributed by atoms with E-state index in [0.29, 0.717) is 36.6 Å². The highest BCUT2D eigenvalue weighted by molar-refractivity contribution is 6.40. The zero-order chi connectivity index (χ0) is 27.8. The summed E-state index contributed by atoms with van der Waals surface area (Å²) >= 11 is 12.3. The largest absolute Gasteiger partial charge is 0.392 e. The molecule has 1 aliphatic rings. The zero-order valence-electron chi connectivity index (χ0n) is 21.1. The number of anilines is 1. The Hall–Kier alpha value is -2.99. The van der Waals surface area contributed by atoms with Crippen LogP contribution in [0.1, 0.15) is 61.2 Å². The lowest BCUT2D eigenvalue weighted by Crippen LogP contribution is -2.32. The third-order valence-corrected chi connectivity index (χ3v) is 7.14. The number of imidazole rings is 1. The highest BCUT2D eigenvalue weighted by Crippen LogP contribution is 2.39. The molecule has 0 spiro atoms. The van der Waals surface area contributed by atoms with Gasteiger partial charge >= 0.3 is 0 Å². The number of aliphatic hydroxyl groups is 1. The van der Waals surface area contributed by atoms with Crippen LogP contribution in [-0.4, -0.2) is 37.8 Å². The number of unbranched alkanes of at least 4 members (excludes halogenated alkanes) is 1. The lowest BCUT2D eigenvalue weighted by atomic mass is 10.00. The van der Waals surface area contributed by atoms with Gasteiger partial charge in [0.1, 0.15) is 5.15 Å². The number of aliphatic hydroxyl groups excluding tert-OH is 1. The lowest BCUT2D eigenvalue weighted by molar-refractivity contribution is -0.252. The van der Waals surface area contributed by atoms with E-state index in [2.05, 4.69) is 10.3 Å². The van der Waals surface area contributed by atoms with E-state index in [4.69, 9.17) is 37.9 Å². The predicted octanol–water partition coefficient (Wildman–Crippen LogP) is 4.93. The van der Waals surface area contributed by atoms with Gasteiger partial charge in [-0.15, -0.1) is 0 Å². The summed E-state index contributed by atoms with van der Waals surface area (Å²) in [5.74, 6) is -0.664. The second-order valence-electron chi connectivity index (χ2n) is 9.24. The first-order valence-electron chi connectivity index (χ1n) is 12.6. The molecule has 12 heteroatoms. The van der Waals surface area contributed by atoms with Crippen LogP contribution < -0.4 is 10.8 Å². The highest BCUT2D eigenvalue weighted by Gasteiger charge is 2.33. The lowest BCUT2D eigenvalue weighted by Gasteiger charge is -2.36. The van der Waals surface area contributed by atoms with Crippen molar-refractivity contribution in [2.24, 2.45) is 0 Å². The number of hydrogen-bond donors (Lipinski definition) is 4. The van der Waals surface area contributed by atoms with Gasteiger partial charge in [-0.25, -0.2) is 10.5 Å². The highest BCUT2D eigenvalue weighted by atomic mass is 35.5. The summed E-state index contributed by atoms with van der Waals surface area (Å²) < 4.78 is 14.4. The van der Waals surface area contributed by atoms with Gasteiger partial charge < -0.3 is 24.5 Å². The number of carbonyl (C=O) groups excluding carboxylic acids is 2. The Morgan fingerprint density at radius 3 is 2.44 bits per heavy atom. The summed E-state index contributed by atoms with van der Waals surface area (Å²) in [7, 11) is 0. The maximum atomic E-state index is 12.4. The Morgan fingerprint density at radius 2 is 1.77 bits per heavy atom. The minimum absolute atomic E-state index is 0.0451. The van der Waals surface area contributed by atoms with Gasteiger partial charge in [-0.1, -0.05) is 59.6 Å². The molecule has 3 aromatic rings. The van der Waals surface area contributed by atoms with E-state index in [1.54, 1.807) is 28.5 Å². The molecule has 4 rings (SSSR count). The number of halogens is 2. The number of carbonyl (C=O) groups is 2. The Balaban J connectivity index is 1.47. The molecule has 2 amide bonds. The number of hydroxylamine groups is 1. The summed E-state index contributed by atoms with van der Waals surface area (Å²) in [5, 5.41) is 21.4. The summed E-state index contributed by atoms with van der Waals surface area (Å²) in [6.45, 7) is 0.366. The molecular formula is C27H30Cl2N4O6. The van der Waals surface area contributed by atoms with Gasteiger partial charge in [-0.2, -0.15) is 0 Å². The van der Waals surface area contributed by atoms with Gasteiger partial charge in [0, 0.05) is 30.5 Å². The van der Waals surface area contributed by atoms with Gasteiger partial charge in [0.25, 0.3) is 0 Å². The van der Waals surface area contributed by atoms with Crippen molar-refractivity contribution in [1.29, 1.82) is 0 Å². The van der Waals surface area contributed by atoms with Crippen LogP contribution >= 0.6 is 23.2 Å². The molecule has 3 atom stereocenters. The average molecular weight is 577 g/mol. The molecule has 2 aromatic carbocycles. The van der Waals surface area contributed by atoms with Gasteiger partial charge in [0.05, 0.1) is 31.7 Å². The van der Waals surface area contributed by atoms with Crippen LogP contribution in [-0.2, 0) is 32.2 Å². The van der Waals surface area contributed by atoms with Gasteiger partial charge in [0.2, 0.25) is 11.8 Å². The molecule has 0 saturated carbocycles. The van der Waals surface area contributed by atoms with E-state index in [1.165, 1.54) is 0 Å². The third-order valence-electron chi connectivity index (χ3n) is 6.37. The van der Waals surface area contributed by atoms with Crippen LogP contribution in [0.25, 0.3) is 0 Å². The number of nitrogens with one attached hydrogen (secondary N) is 2. The minimum atomic E-state index is -0.724. The number of aromatic nitrogens is 2. The van der Waals surface area contributed by atoms with Crippen molar-refractivity contribution in [3.8, 4) is 0 Å². The third kappa shape index (κ3) is 8.01. The van der Waals surface area contributed by atoms with Crippen molar-refractivity contribution < 1.29 is 29.4 Å². The topological polar surface area (TPSA) is 135 Å². The van der Waals surface area contributed by atoms with Crippen LogP contribution in [0.2, 0.25) is 10.3 Å². The Labute approximate surface area is 235 Å². The quantitative estimate of drug-likeness (QED) is 0.144. The summed E-state index contributed by atoms with van der Waals surface area (Å²) in [5.41, 5.74) is 4.64. The van der Waals surface area contributed by atoms with Crippen LogP contribution in [0, 0.1) is 0 Å². The van der Waals surface area contributed by atoms with E-state index in [-0.39, 0.29) is 42.7 Å². The molecule has 2 heterocycles. The molecule has 0 bridgehead atoms. The van der Waals surface area contributed by atoms with E-state index in [0.717, 1.165) is 16.7 Å². The van der Waals surface area contributed by atoms with Crippen LogP contribution in [0.5, 0.6) is 0 Å². The standard InChI is InChI=1S/C27H30Cl2N4O6/c28-25-26(29)33(16-30-25)14-21-13-22(18-10-8-17(15-34)9-11-18)39-27(38-21)19-4-3-5-20(12-19)31-23(35)6-1-2-7-24(36)32-37/h3-5,8-12,16,21-22,27,34,37H,1-2,6-7,13-15H2,(H,31,35)(H,32,36). The molecule has 1 fully saturated rings. The zero-order valence-corrected chi connectivity index (χ0v) is 22.6. The van der Waals surface area contributed by atoms with E-state index in [1.807, 2.05) is 36.4 Å². The first kappa shape index (κ1) is 29.0. The van der Waals surface area contributed by atoms with Gasteiger partial charge in [-0.05, 0) is 36.1 Å². The fraction of sp³-hybridized carbons (Fsp3) is 0.370. The molecule has 0 aliphatic carbocycles. The molecule has 208 valence electrons. The molecule has 1 aliphatic heterocycles. The molecular weight excluding hydrogens is 547 g/mol. The van der Waals surface area contributed by atoms with E-state index in [9.17, 15) is 14.7 Å². The first-order chi connectivity index (χ1) is 18.9. The molecule has 39 heavy (non-hydrogen) atoms. The normalized spacial score (nSPS) is 19.0. The molecule has 0 radical (unpaired) electrons. The second kappa shape index (κ2) is 13.9. The predicted molar refractivity (Wildman–Crippen MR) is 144 cm³/mol. The monoisotopic (exact) mass is 576 g/mol. The number of amides is 2. The first-order valence-corrected chi connectivity index (χ1v) is 13.3. The molecule has 4 N–H and O–H groups in total. The van der Waals surface area contributed by atoms with Crippen molar-refractivity contribution in [2.75, 3.05) is 5.32 Å². The Morgan fingerprint density at radius 1 is 1.03 bits per heavy atom. The number of hydrogen-bond acceptors (Lipinski definition) is 7. The molecule has 10 nitrogen and oxygen atoms in total. The fourth-order valence-corrected chi connectivity index (χ4v) is 4.65. The van der Waals surface area contributed by atoms with Crippen LogP contribution in [0.3, 0.4) is 0 Å². The van der Waals surface area contributed by atoms with Gasteiger partial charge in [0.15, 0.2) is 11.4 Å². The number of rotatable bonds is 11. The molecule has 1 aromatic heterocycles. The number of nitrogens with zero attached hydrogens (tertiary/aromatic N) is 2. The van der Waals surface area contributed by atoms with Crippen molar-refractivity contribution in [2.45, 2.75) is 63.8 Å². The van der Waals surface area contributed by atoms with Crippen molar-refractivity contribution in [1.82, 2.24) is 15.0 Å². The average Bonchev–Trinajstić information content (AvgIpc) is 3.27. The molecule has 1 saturated heterocycles. The smallest absolute Gasteiger partial charge is 0.243 e. The molecule has 3 unspecified atom stereocenters. The van der Waals surface area contributed by atoms with E-state index >= 15 is 0 Å². The summed E-state index contributed by atoms with van der Waals surface area (Å²) in [6, 6.07) is 14.8. The Bertz CT molecular complexity index is 1270. The van der Waals surface area contributed by atoms with Crippen LogP contribution in [0.15, 0.2) is 54.9 Å². The van der Waals surface area contributed by atoms with Crippen LogP contribution in [0.4, 0.5) is 5.69 Å². The summed E-state index contributed by atoms with van der Waals surface area (Å²) in [6.07, 6.45) is 2.18. The minimum Gasteiger partial charge on any atom is -0.392 e. The second-order valence-corrected chi connectivity index (χ2v) is 9.96. The van der Waals surface area contributed by atoms with Crippen molar-refractivity contribution in [3.05, 3.63) is 81.9 Å². The summed E-state index contributed by atoms with van der Waals surface area (Å²) in [4.78, 5) is 27.6. The number of benzene rings is 2.